The van der Waals surface area contributed by atoms with Gasteiger partial charge in [0.2, 0.25) is 0 Å². The average molecular weight is 279 g/mol. The van der Waals surface area contributed by atoms with E-state index in [1.54, 1.807) is 13.2 Å². The van der Waals surface area contributed by atoms with Crippen LogP contribution in [0, 0.1) is 17.7 Å². The zero-order valence-corrected chi connectivity index (χ0v) is 12.8. The maximum atomic E-state index is 14.3. The summed E-state index contributed by atoms with van der Waals surface area (Å²) in [6, 6.07) is 5.13. The summed E-state index contributed by atoms with van der Waals surface area (Å²) in [5, 5.41) is 3.33. The third-order valence-electron chi connectivity index (χ3n) is 4.73. The van der Waals surface area contributed by atoms with Gasteiger partial charge >= 0.3 is 0 Å². The summed E-state index contributed by atoms with van der Waals surface area (Å²) in [6.07, 6.45) is 6.14. The molecule has 0 aliphatic heterocycles. The summed E-state index contributed by atoms with van der Waals surface area (Å²) in [6.45, 7) is 2.26. The summed E-state index contributed by atoms with van der Waals surface area (Å²) >= 11 is 0. The number of hydrogen-bond acceptors (Lipinski definition) is 2. The first-order valence-corrected chi connectivity index (χ1v) is 7.70. The quantitative estimate of drug-likeness (QED) is 0.867. The molecule has 0 spiro atoms. The second-order valence-corrected chi connectivity index (χ2v) is 5.82. The van der Waals surface area contributed by atoms with Crippen LogP contribution in [-0.2, 0) is 0 Å². The average Bonchev–Trinajstić information content (AvgIpc) is 2.49. The molecule has 20 heavy (non-hydrogen) atoms. The van der Waals surface area contributed by atoms with Crippen LogP contribution < -0.4 is 10.1 Å². The predicted molar refractivity (Wildman–Crippen MR) is 80.5 cm³/mol. The van der Waals surface area contributed by atoms with Crippen molar-refractivity contribution in [3.05, 3.63) is 29.6 Å². The van der Waals surface area contributed by atoms with E-state index in [1.165, 1.54) is 38.2 Å². The van der Waals surface area contributed by atoms with Crippen molar-refractivity contribution in [1.82, 2.24) is 5.32 Å². The number of rotatable bonds is 5. The number of halogens is 1. The monoisotopic (exact) mass is 279 g/mol. The van der Waals surface area contributed by atoms with Crippen molar-refractivity contribution < 1.29 is 9.13 Å². The van der Waals surface area contributed by atoms with E-state index in [2.05, 4.69) is 12.2 Å². The van der Waals surface area contributed by atoms with Gasteiger partial charge in [0.1, 0.15) is 11.6 Å². The van der Waals surface area contributed by atoms with E-state index in [1.807, 2.05) is 13.1 Å². The van der Waals surface area contributed by atoms with E-state index in [-0.39, 0.29) is 11.9 Å². The Hall–Kier alpha value is -1.09. The Morgan fingerprint density at radius 2 is 2.20 bits per heavy atom. The molecule has 112 valence electrons. The minimum absolute atomic E-state index is 0.0421. The van der Waals surface area contributed by atoms with E-state index in [0.29, 0.717) is 17.2 Å². The molecule has 3 heteroatoms. The molecule has 3 unspecified atom stereocenters. The van der Waals surface area contributed by atoms with Crippen LogP contribution in [0.2, 0.25) is 0 Å². The van der Waals surface area contributed by atoms with Crippen molar-refractivity contribution in [2.24, 2.45) is 11.8 Å². The number of benzene rings is 1. The Kier molecular flexibility index (Phi) is 5.41. The summed E-state index contributed by atoms with van der Waals surface area (Å²) in [4.78, 5) is 0. The van der Waals surface area contributed by atoms with E-state index < -0.39 is 0 Å². The van der Waals surface area contributed by atoms with Crippen LogP contribution in [0.25, 0.3) is 0 Å². The van der Waals surface area contributed by atoms with Crippen molar-refractivity contribution >= 4 is 0 Å². The largest absolute Gasteiger partial charge is 0.496 e. The highest BCUT2D eigenvalue weighted by Crippen LogP contribution is 2.41. The van der Waals surface area contributed by atoms with Crippen LogP contribution in [0.3, 0.4) is 0 Å². The normalized spacial score (nSPS) is 24.4. The summed E-state index contributed by atoms with van der Waals surface area (Å²) < 4.78 is 19.7. The molecule has 2 nitrogen and oxygen atoms in total. The number of hydrogen-bond donors (Lipinski definition) is 1. The van der Waals surface area contributed by atoms with Crippen LogP contribution in [0.1, 0.15) is 50.6 Å². The molecule has 0 aromatic heterocycles. The van der Waals surface area contributed by atoms with Crippen molar-refractivity contribution in [3.63, 3.8) is 0 Å². The second kappa shape index (κ2) is 7.07. The Balaban J connectivity index is 2.28. The molecule has 0 amide bonds. The van der Waals surface area contributed by atoms with Crippen molar-refractivity contribution in [3.8, 4) is 5.75 Å². The Morgan fingerprint density at radius 3 is 2.85 bits per heavy atom. The van der Waals surface area contributed by atoms with Crippen LogP contribution in [0.5, 0.6) is 5.75 Å². The molecule has 1 N–H and O–H groups in total. The molecule has 1 aliphatic rings. The fourth-order valence-corrected chi connectivity index (χ4v) is 3.62. The van der Waals surface area contributed by atoms with Gasteiger partial charge in [-0.25, -0.2) is 4.39 Å². The standard InChI is InChI=1S/C17H26FNO/c1-4-12-7-5-8-13(11-12)17(19-2)16-14(18)9-6-10-15(16)20-3/h6,9-10,12-13,17,19H,4-5,7-8,11H2,1-3H3. The van der Waals surface area contributed by atoms with Gasteiger partial charge in [0.05, 0.1) is 7.11 Å². The molecule has 2 rings (SSSR count). The minimum Gasteiger partial charge on any atom is -0.496 e. The Morgan fingerprint density at radius 1 is 1.40 bits per heavy atom. The highest BCUT2D eigenvalue weighted by molar-refractivity contribution is 5.37. The van der Waals surface area contributed by atoms with Gasteiger partial charge in [-0.3, -0.25) is 0 Å². The molecule has 3 atom stereocenters. The third kappa shape index (κ3) is 3.14. The molecule has 1 saturated carbocycles. The van der Waals surface area contributed by atoms with Gasteiger partial charge in [-0.05, 0) is 43.9 Å². The van der Waals surface area contributed by atoms with Crippen molar-refractivity contribution in [2.45, 2.75) is 45.1 Å². The number of ether oxygens (including phenoxy) is 1. The van der Waals surface area contributed by atoms with Crippen LogP contribution in [0.4, 0.5) is 4.39 Å². The molecular weight excluding hydrogens is 253 g/mol. The highest BCUT2D eigenvalue weighted by Gasteiger charge is 2.31. The highest BCUT2D eigenvalue weighted by atomic mass is 19.1. The SMILES string of the molecule is CCC1CCCC(C(NC)c2c(F)cccc2OC)C1. The lowest BCUT2D eigenvalue weighted by atomic mass is 9.75. The van der Waals surface area contributed by atoms with E-state index in [0.717, 1.165) is 5.92 Å². The smallest absolute Gasteiger partial charge is 0.131 e. The maximum absolute atomic E-state index is 14.3. The van der Waals surface area contributed by atoms with Crippen LogP contribution in [0.15, 0.2) is 18.2 Å². The molecule has 0 radical (unpaired) electrons. The molecule has 1 aromatic rings. The Bertz CT molecular complexity index is 435. The minimum atomic E-state index is -0.165. The molecule has 1 fully saturated rings. The number of nitrogens with one attached hydrogen (secondary N) is 1. The molecule has 1 aromatic carbocycles. The van der Waals surface area contributed by atoms with Gasteiger partial charge in [-0.1, -0.05) is 32.3 Å². The molecule has 1 aliphatic carbocycles. The van der Waals surface area contributed by atoms with Crippen molar-refractivity contribution in [2.75, 3.05) is 14.2 Å². The lowest BCUT2D eigenvalue weighted by Crippen LogP contribution is -2.30. The fraction of sp³-hybridized carbons (Fsp3) is 0.647. The van der Waals surface area contributed by atoms with Gasteiger partial charge in [-0.15, -0.1) is 0 Å². The van der Waals surface area contributed by atoms with Crippen molar-refractivity contribution in [1.29, 1.82) is 0 Å². The van der Waals surface area contributed by atoms with E-state index >= 15 is 0 Å². The van der Waals surface area contributed by atoms with E-state index in [9.17, 15) is 4.39 Å². The van der Waals surface area contributed by atoms with Gasteiger partial charge in [0.25, 0.3) is 0 Å². The molecule has 0 heterocycles. The van der Waals surface area contributed by atoms with Crippen LogP contribution in [-0.4, -0.2) is 14.2 Å². The second-order valence-electron chi connectivity index (χ2n) is 5.82. The zero-order chi connectivity index (χ0) is 14.5. The number of methoxy groups -OCH3 is 1. The van der Waals surface area contributed by atoms with E-state index in [4.69, 9.17) is 4.74 Å². The summed E-state index contributed by atoms with van der Waals surface area (Å²) in [5.41, 5.74) is 0.694. The van der Waals surface area contributed by atoms with Gasteiger partial charge < -0.3 is 10.1 Å². The Labute approximate surface area is 121 Å². The first-order chi connectivity index (χ1) is 9.71. The topological polar surface area (TPSA) is 21.3 Å². The lowest BCUT2D eigenvalue weighted by Gasteiger charge is -2.35. The zero-order valence-electron chi connectivity index (χ0n) is 12.8. The summed E-state index contributed by atoms with van der Waals surface area (Å²) in [7, 11) is 3.53. The first kappa shape index (κ1) is 15.3. The van der Waals surface area contributed by atoms with Crippen LogP contribution >= 0.6 is 0 Å². The molecular formula is C17H26FNO. The molecule has 0 saturated heterocycles. The lowest BCUT2D eigenvalue weighted by molar-refractivity contribution is 0.209. The van der Waals surface area contributed by atoms with Gasteiger partial charge in [0.15, 0.2) is 0 Å². The fourth-order valence-electron chi connectivity index (χ4n) is 3.62. The van der Waals surface area contributed by atoms with Gasteiger partial charge in [0, 0.05) is 11.6 Å². The first-order valence-electron chi connectivity index (χ1n) is 7.70. The maximum Gasteiger partial charge on any atom is 0.131 e. The third-order valence-corrected chi connectivity index (χ3v) is 4.73. The summed E-state index contributed by atoms with van der Waals surface area (Å²) in [5.74, 6) is 1.76. The molecule has 0 bridgehead atoms. The predicted octanol–water partition coefficient (Wildman–Crippen LogP) is 4.31. The van der Waals surface area contributed by atoms with Gasteiger partial charge in [-0.2, -0.15) is 0 Å².